The van der Waals surface area contributed by atoms with Crippen molar-refractivity contribution in [3.05, 3.63) is 47.2 Å². The molecule has 33 heavy (non-hydrogen) atoms. The van der Waals surface area contributed by atoms with E-state index < -0.39 is 10.9 Å². The molecule has 0 radical (unpaired) electrons. The fraction of sp³-hybridized carbons (Fsp3) is 0.500. The second kappa shape index (κ2) is 8.47. The van der Waals surface area contributed by atoms with E-state index in [1.807, 2.05) is 19.1 Å². The predicted molar refractivity (Wildman–Crippen MR) is 131 cm³/mol. The minimum absolute atomic E-state index is 0.135. The van der Waals surface area contributed by atoms with Crippen molar-refractivity contribution in [3.8, 4) is 5.75 Å². The number of thioether (sulfide) groups is 1. The van der Waals surface area contributed by atoms with Crippen molar-refractivity contribution in [1.82, 2.24) is 15.6 Å². The molecule has 2 aromatic rings. The fourth-order valence-electron chi connectivity index (χ4n) is 4.90. The summed E-state index contributed by atoms with van der Waals surface area (Å²) in [6.45, 7) is 8.73. The first-order valence-corrected chi connectivity index (χ1v) is 12.4. The van der Waals surface area contributed by atoms with Gasteiger partial charge in [0.25, 0.3) is 0 Å². The zero-order chi connectivity index (χ0) is 23.3. The highest BCUT2D eigenvalue weighted by Gasteiger charge is 2.47. The largest absolute Gasteiger partial charge is 0.491 e. The number of nitrogens with two attached hydrogens (primary N) is 2. The van der Waals surface area contributed by atoms with Gasteiger partial charge in [-0.2, -0.15) is 0 Å². The number of carbonyl (C=O) groups is 1. The first-order chi connectivity index (χ1) is 15.7. The third kappa shape index (κ3) is 4.07. The molecule has 4 atom stereocenters. The molecule has 9 heteroatoms. The van der Waals surface area contributed by atoms with Crippen molar-refractivity contribution >= 4 is 23.4 Å². The number of carbonyl (C=O) groups excluding carboxylic acids is 1. The minimum atomic E-state index is -1.26. The van der Waals surface area contributed by atoms with E-state index in [1.165, 1.54) is 17.4 Å². The monoisotopic (exact) mass is 468 g/mol. The Balaban J connectivity index is 1.26. The molecule has 0 bridgehead atoms. The van der Waals surface area contributed by atoms with E-state index >= 15 is 0 Å². The number of aromatic nitrogens is 1. The molecule has 3 aliphatic rings. The summed E-state index contributed by atoms with van der Waals surface area (Å²) in [5, 5.41) is 6.72. The zero-order valence-electron chi connectivity index (χ0n) is 19.3. The smallest absolute Gasteiger partial charge is 0.237 e. The minimum Gasteiger partial charge on any atom is -0.491 e. The summed E-state index contributed by atoms with van der Waals surface area (Å²) < 4.78 is 6.08. The Morgan fingerprint density at radius 1 is 1.30 bits per heavy atom. The second-order valence-corrected chi connectivity index (χ2v) is 10.5. The molecule has 176 valence electrons. The van der Waals surface area contributed by atoms with Gasteiger partial charge < -0.3 is 31.7 Å². The molecule has 0 spiro atoms. The highest BCUT2D eigenvalue weighted by Crippen LogP contribution is 2.43. The van der Waals surface area contributed by atoms with Gasteiger partial charge in [0.2, 0.25) is 5.91 Å². The number of rotatable bonds is 3. The van der Waals surface area contributed by atoms with Crippen LogP contribution in [0.1, 0.15) is 30.7 Å². The van der Waals surface area contributed by atoms with Crippen LogP contribution in [0, 0.1) is 6.92 Å². The van der Waals surface area contributed by atoms with E-state index in [1.54, 1.807) is 0 Å². The Morgan fingerprint density at radius 2 is 2.12 bits per heavy atom. The number of nitrogens with one attached hydrogen (secondary N) is 2. The third-order valence-corrected chi connectivity index (χ3v) is 8.41. The van der Waals surface area contributed by atoms with Crippen molar-refractivity contribution in [1.29, 1.82) is 0 Å². The number of piperazine rings is 1. The lowest BCUT2D eigenvalue weighted by molar-refractivity contribution is -0.122. The van der Waals surface area contributed by atoms with Gasteiger partial charge in [-0.25, -0.2) is 4.98 Å². The molecule has 1 fully saturated rings. The highest BCUT2D eigenvalue weighted by atomic mass is 32.2. The highest BCUT2D eigenvalue weighted by molar-refractivity contribution is 8.01. The molecule has 1 aromatic heterocycles. The molecule has 1 unspecified atom stereocenters. The quantitative estimate of drug-likeness (QED) is 0.497. The molecule has 5 rings (SSSR count). The number of amides is 1. The van der Waals surface area contributed by atoms with Crippen molar-refractivity contribution in [2.45, 2.75) is 61.3 Å². The summed E-state index contributed by atoms with van der Waals surface area (Å²) in [5.41, 5.74) is 15.4. The molecule has 1 aromatic carbocycles. The topological polar surface area (TPSA) is 119 Å². The van der Waals surface area contributed by atoms with Crippen LogP contribution in [0.4, 0.5) is 5.69 Å². The van der Waals surface area contributed by atoms with Gasteiger partial charge in [0.15, 0.2) is 0 Å². The number of hydrogen-bond acceptors (Lipinski definition) is 8. The van der Waals surface area contributed by atoms with Crippen LogP contribution in [0.5, 0.6) is 5.75 Å². The third-order valence-electron chi connectivity index (χ3n) is 7.04. The van der Waals surface area contributed by atoms with Crippen LogP contribution in [-0.2, 0) is 16.9 Å². The zero-order valence-corrected chi connectivity index (χ0v) is 20.1. The predicted octanol–water partition coefficient (Wildman–Crippen LogP) is 1.24. The standard InChI is InChI=1S/C24H32N6O2S/c1-13-4-7-19-23(28-13)33-21(24(19,25)26)22(31)29-17-10-16-5-6-18(11-20(16)32-12-17)30-9-8-27-14(2)15(30)3/h4-7,11,14-15,17,21,27H,8-10,12,25-26H2,1-3H3,(H,29,31)/t14-,15-,17-,21?/m1/s1. The van der Waals surface area contributed by atoms with Crippen LogP contribution in [0.15, 0.2) is 35.4 Å². The summed E-state index contributed by atoms with van der Waals surface area (Å²) >= 11 is 1.33. The number of anilines is 1. The van der Waals surface area contributed by atoms with Crippen LogP contribution in [-0.4, -0.2) is 54.0 Å². The molecule has 6 N–H and O–H groups in total. The maximum absolute atomic E-state index is 13.1. The van der Waals surface area contributed by atoms with Gasteiger partial charge in [-0.15, -0.1) is 0 Å². The Hall–Kier alpha value is -2.33. The maximum Gasteiger partial charge on any atom is 0.237 e. The summed E-state index contributed by atoms with van der Waals surface area (Å²) in [6, 6.07) is 10.9. The molecule has 0 saturated carbocycles. The van der Waals surface area contributed by atoms with E-state index in [4.69, 9.17) is 16.2 Å². The van der Waals surface area contributed by atoms with E-state index in [0.29, 0.717) is 30.7 Å². The molecule has 3 aliphatic heterocycles. The average Bonchev–Trinajstić information content (AvgIpc) is 3.05. The van der Waals surface area contributed by atoms with Crippen LogP contribution in [0.3, 0.4) is 0 Å². The van der Waals surface area contributed by atoms with Gasteiger partial charge in [-0.3, -0.25) is 4.79 Å². The Kier molecular flexibility index (Phi) is 5.76. The van der Waals surface area contributed by atoms with Gasteiger partial charge in [0.05, 0.1) is 6.04 Å². The molecule has 8 nitrogen and oxygen atoms in total. The van der Waals surface area contributed by atoms with Gasteiger partial charge in [0, 0.05) is 48.2 Å². The van der Waals surface area contributed by atoms with Gasteiger partial charge >= 0.3 is 0 Å². The van der Waals surface area contributed by atoms with Crippen LogP contribution >= 0.6 is 11.8 Å². The van der Waals surface area contributed by atoms with E-state index in [2.05, 4.69) is 52.6 Å². The average molecular weight is 469 g/mol. The van der Waals surface area contributed by atoms with Crippen LogP contribution < -0.4 is 31.7 Å². The van der Waals surface area contributed by atoms with Gasteiger partial charge in [-0.1, -0.05) is 23.9 Å². The summed E-state index contributed by atoms with van der Waals surface area (Å²) in [5.74, 6) is 0.712. The Morgan fingerprint density at radius 3 is 2.94 bits per heavy atom. The number of aryl methyl sites for hydroxylation is 1. The fourth-order valence-corrected chi connectivity index (χ4v) is 6.19. The molecule has 0 aliphatic carbocycles. The van der Waals surface area contributed by atoms with Crippen molar-refractivity contribution in [2.24, 2.45) is 11.5 Å². The van der Waals surface area contributed by atoms with Crippen molar-refractivity contribution < 1.29 is 9.53 Å². The number of hydrogen-bond donors (Lipinski definition) is 4. The van der Waals surface area contributed by atoms with Crippen molar-refractivity contribution in [2.75, 3.05) is 24.6 Å². The lowest BCUT2D eigenvalue weighted by Crippen LogP contribution is -2.59. The number of nitrogens with zero attached hydrogens (tertiary/aromatic N) is 2. The number of fused-ring (bicyclic) bond motifs is 2. The van der Waals surface area contributed by atoms with Crippen LogP contribution in [0.25, 0.3) is 0 Å². The molecule has 4 heterocycles. The lowest BCUT2D eigenvalue weighted by Gasteiger charge is -2.40. The first-order valence-electron chi connectivity index (χ1n) is 11.5. The van der Waals surface area contributed by atoms with Gasteiger partial charge in [0.1, 0.15) is 28.3 Å². The van der Waals surface area contributed by atoms with E-state index in [-0.39, 0.29) is 11.9 Å². The molecular formula is C24H32N6O2S. The number of ether oxygens (including phenoxy) is 1. The Bertz CT molecular complexity index is 1080. The summed E-state index contributed by atoms with van der Waals surface area (Å²) in [6.07, 6.45) is 0.707. The van der Waals surface area contributed by atoms with Crippen molar-refractivity contribution in [3.63, 3.8) is 0 Å². The van der Waals surface area contributed by atoms with Gasteiger partial charge in [-0.05, 0) is 44.9 Å². The second-order valence-electron chi connectivity index (χ2n) is 9.43. The maximum atomic E-state index is 13.1. The van der Waals surface area contributed by atoms with E-state index in [0.717, 1.165) is 35.1 Å². The molecule has 1 amide bonds. The summed E-state index contributed by atoms with van der Waals surface area (Å²) in [7, 11) is 0. The number of benzene rings is 1. The van der Waals surface area contributed by atoms with Crippen LogP contribution in [0.2, 0.25) is 0 Å². The van der Waals surface area contributed by atoms with E-state index in [9.17, 15) is 4.79 Å². The normalized spacial score (nSPS) is 28.0. The summed E-state index contributed by atoms with van der Waals surface area (Å²) in [4.78, 5) is 20.1. The molecular weight excluding hydrogens is 436 g/mol. The number of pyridine rings is 1. The Labute approximate surface area is 198 Å². The lowest BCUT2D eigenvalue weighted by atomic mass is 9.97. The first kappa shape index (κ1) is 22.5. The SMILES string of the molecule is Cc1ccc2c(n1)SC(C(=O)N[C@H]1COc3cc(N4CCN[C@H](C)[C@H]4C)ccc3C1)C2(N)N. The molecule has 1 saturated heterocycles.